The summed E-state index contributed by atoms with van der Waals surface area (Å²) >= 11 is 0. The van der Waals surface area contributed by atoms with E-state index in [1.165, 1.54) is 16.0 Å². The number of hydrogen-bond donors (Lipinski definition) is 0. The maximum absolute atomic E-state index is 2.68. The molecule has 206 valence electrons. The van der Waals surface area contributed by atoms with Crippen molar-refractivity contribution in [1.82, 2.24) is 0 Å². The second-order valence-corrected chi connectivity index (χ2v) is 32.4. The molecule has 0 saturated carbocycles. The Balaban J connectivity index is 2.39. The Kier molecular flexibility index (Phi) is 6.83. The van der Waals surface area contributed by atoms with Gasteiger partial charge in [0.2, 0.25) is 0 Å². The lowest BCUT2D eigenvalue weighted by Crippen LogP contribution is -2.58. The van der Waals surface area contributed by atoms with Gasteiger partial charge >= 0.3 is 0 Å². The Bertz CT molecular complexity index is 1410. The minimum absolute atomic E-state index is 0.0855. The van der Waals surface area contributed by atoms with E-state index in [-0.39, 0.29) is 15.9 Å². The van der Waals surface area contributed by atoms with Crippen molar-refractivity contribution in [3.8, 4) is 0 Å². The molecule has 0 aromatic heterocycles. The Hall–Kier alpha value is -1.43. The Morgan fingerprint density at radius 2 is 1.39 bits per heavy atom. The quantitative estimate of drug-likeness (QED) is 0.323. The SMILES string of the molecule is CC(C)(C)c1ccc2c(c1)=CC1=C(C3=CC=CC3)C(C(C)(C)C)([Si](C)(C)C)C([Si](C)(C)C)=C([Si](C)(C)C)C=21. The third-order valence-corrected chi connectivity index (χ3v) is 17.2. The highest BCUT2D eigenvalue weighted by atomic mass is 28.3. The predicted octanol–water partition coefficient (Wildman–Crippen LogP) is 9.30. The van der Waals surface area contributed by atoms with Crippen LogP contribution in [0.2, 0.25) is 64.0 Å². The van der Waals surface area contributed by atoms with Gasteiger partial charge in [-0.05, 0) is 61.6 Å². The van der Waals surface area contributed by atoms with Gasteiger partial charge in [0, 0.05) is 5.04 Å². The fourth-order valence-electron chi connectivity index (χ4n) is 8.21. The molecule has 0 aliphatic heterocycles. The second-order valence-electron chi connectivity index (χ2n) is 17.2. The highest BCUT2D eigenvalue weighted by Gasteiger charge is 2.62. The number of allylic oxidation sites excluding steroid dienone is 8. The van der Waals surface area contributed by atoms with Gasteiger partial charge in [-0.2, -0.15) is 0 Å². The van der Waals surface area contributed by atoms with Crippen LogP contribution in [0.3, 0.4) is 0 Å². The maximum Gasteiger partial charge on any atom is 0.0779 e. The summed E-state index contributed by atoms with van der Waals surface area (Å²) in [5.41, 5.74) is 8.14. The second kappa shape index (κ2) is 8.78. The molecule has 1 atom stereocenters. The van der Waals surface area contributed by atoms with Crippen LogP contribution in [-0.4, -0.2) is 24.2 Å². The van der Waals surface area contributed by atoms with Gasteiger partial charge in [-0.25, -0.2) is 0 Å². The fourth-order valence-corrected chi connectivity index (χ4v) is 21.5. The van der Waals surface area contributed by atoms with Crippen LogP contribution < -0.4 is 10.4 Å². The van der Waals surface area contributed by atoms with Crippen molar-refractivity contribution < 1.29 is 0 Å². The van der Waals surface area contributed by atoms with E-state index < -0.39 is 24.2 Å². The van der Waals surface area contributed by atoms with Crippen LogP contribution >= 0.6 is 0 Å². The first-order valence-corrected chi connectivity index (χ1v) is 25.3. The largest absolute Gasteiger partial charge is 0.0801 e. The topological polar surface area (TPSA) is 0 Å². The van der Waals surface area contributed by atoms with Gasteiger partial charge in [-0.3, -0.25) is 0 Å². The van der Waals surface area contributed by atoms with Crippen LogP contribution in [0.4, 0.5) is 0 Å². The van der Waals surface area contributed by atoms with Gasteiger partial charge in [-0.15, -0.1) is 0 Å². The van der Waals surface area contributed by atoms with Crippen molar-refractivity contribution in [3.63, 3.8) is 0 Å². The van der Waals surface area contributed by atoms with E-state index in [0.29, 0.717) is 0 Å². The lowest BCUT2D eigenvalue weighted by molar-refractivity contribution is 0.328. The van der Waals surface area contributed by atoms with Crippen LogP contribution in [0.25, 0.3) is 11.6 Å². The molecule has 3 heteroatoms. The molecule has 0 N–H and O–H groups in total. The van der Waals surface area contributed by atoms with Gasteiger partial charge in [-0.1, -0.05) is 147 Å². The molecule has 1 aromatic carbocycles. The van der Waals surface area contributed by atoms with E-state index in [1.807, 2.05) is 5.20 Å². The van der Waals surface area contributed by atoms with Crippen molar-refractivity contribution in [2.24, 2.45) is 5.41 Å². The maximum atomic E-state index is 2.68. The Morgan fingerprint density at radius 3 is 1.82 bits per heavy atom. The molecule has 0 amide bonds. The molecule has 1 aromatic rings. The van der Waals surface area contributed by atoms with Gasteiger partial charge in [0.05, 0.1) is 24.2 Å². The summed E-state index contributed by atoms with van der Waals surface area (Å²) in [4.78, 5) is 0. The average molecular weight is 559 g/mol. The number of fused-ring (bicyclic) bond motifs is 2. The third kappa shape index (κ3) is 4.36. The Morgan fingerprint density at radius 1 is 0.789 bits per heavy atom. The van der Waals surface area contributed by atoms with E-state index in [4.69, 9.17) is 0 Å². The van der Waals surface area contributed by atoms with Crippen molar-refractivity contribution >= 4 is 35.9 Å². The van der Waals surface area contributed by atoms with Crippen molar-refractivity contribution in [2.75, 3.05) is 0 Å². The van der Waals surface area contributed by atoms with E-state index in [9.17, 15) is 0 Å². The lowest BCUT2D eigenvalue weighted by Gasteiger charge is -2.62. The summed E-state index contributed by atoms with van der Waals surface area (Å²) in [6, 6.07) is 7.41. The van der Waals surface area contributed by atoms with E-state index in [2.05, 4.69) is 143 Å². The number of hydrogen-bond acceptors (Lipinski definition) is 0. The predicted molar refractivity (Wildman–Crippen MR) is 180 cm³/mol. The van der Waals surface area contributed by atoms with Gasteiger partial charge in [0.25, 0.3) is 0 Å². The van der Waals surface area contributed by atoms with Crippen LogP contribution in [0.1, 0.15) is 53.5 Å². The molecule has 4 rings (SSSR count). The van der Waals surface area contributed by atoms with Crippen molar-refractivity contribution in [3.05, 3.63) is 79.5 Å². The first-order valence-electron chi connectivity index (χ1n) is 14.8. The molecular weight excluding hydrogens is 505 g/mol. The van der Waals surface area contributed by atoms with Crippen molar-refractivity contribution in [2.45, 2.75) is 117 Å². The average Bonchev–Trinajstić information content (AvgIpc) is 3.35. The smallest absolute Gasteiger partial charge is 0.0779 e. The van der Waals surface area contributed by atoms with E-state index >= 15 is 0 Å². The van der Waals surface area contributed by atoms with Gasteiger partial charge in [0.1, 0.15) is 0 Å². The highest BCUT2D eigenvalue weighted by Crippen LogP contribution is 2.71. The molecule has 0 radical (unpaired) electrons. The normalized spacial score (nSPS) is 22.6. The van der Waals surface area contributed by atoms with E-state index in [0.717, 1.165) is 6.42 Å². The minimum atomic E-state index is -1.83. The summed E-state index contributed by atoms with van der Waals surface area (Å²) in [7, 11) is -5.34. The summed E-state index contributed by atoms with van der Waals surface area (Å²) in [5, 5.41) is 6.72. The first-order chi connectivity index (χ1) is 17.0. The zero-order chi connectivity index (χ0) is 28.9. The molecule has 0 bridgehead atoms. The first kappa shape index (κ1) is 29.6. The number of rotatable bonds is 4. The molecule has 0 fully saturated rings. The van der Waals surface area contributed by atoms with Crippen LogP contribution in [0.5, 0.6) is 0 Å². The van der Waals surface area contributed by atoms with Gasteiger partial charge in [0.15, 0.2) is 0 Å². The van der Waals surface area contributed by atoms with Crippen LogP contribution in [0, 0.1) is 5.41 Å². The lowest BCUT2D eigenvalue weighted by atomic mass is 9.67. The molecular formula is C35H54Si3. The standard InChI is InChI=1S/C35H54Si3/c1-33(2,3)26-20-21-27-25(22-26)23-28-29(27)31(36(7,8)9)32(37(10,11)12)35(34(4,5)6,38(13,14)15)30(28)24-18-16-17-19-24/h16-18,20-23H,19H2,1-15H3. The molecule has 1 unspecified atom stereocenters. The third-order valence-electron chi connectivity index (χ3n) is 9.12. The minimum Gasteiger partial charge on any atom is -0.0801 e. The van der Waals surface area contributed by atoms with Crippen molar-refractivity contribution in [1.29, 1.82) is 0 Å². The number of benzene rings is 1. The molecule has 3 aliphatic carbocycles. The molecule has 0 nitrogen and oxygen atoms in total. The highest BCUT2D eigenvalue weighted by molar-refractivity contribution is 6.94. The van der Waals surface area contributed by atoms with Crippen LogP contribution in [0.15, 0.2) is 63.5 Å². The van der Waals surface area contributed by atoms with E-state index in [1.54, 1.807) is 27.5 Å². The summed E-state index contributed by atoms with van der Waals surface area (Å²) in [6.07, 6.45) is 10.8. The monoisotopic (exact) mass is 558 g/mol. The fraction of sp³-hybridized carbons (Fsp3) is 0.543. The summed E-state index contributed by atoms with van der Waals surface area (Å²) in [6.45, 7) is 38.6. The summed E-state index contributed by atoms with van der Waals surface area (Å²) < 4.78 is 0. The summed E-state index contributed by atoms with van der Waals surface area (Å²) in [5.74, 6) is 0. The molecule has 0 saturated heterocycles. The zero-order valence-corrected chi connectivity index (χ0v) is 30.2. The van der Waals surface area contributed by atoms with Gasteiger partial charge < -0.3 is 0 Å². The molecule has 0 heterocycles. The molecule has 0 spiro atoms. The molecule has 3 aliphatic rings. The Labute approximate surface area is 237 Å². The van der Waals surface area contributed by atoms with Crippen LogP contribution in [-0.2, 0) is 5.41 Å². The molecule has 38 heavy (non-hydrogen) atoms. The zero-order valence-electron chi connectivity index (χ0n) is 27.2.